The number of rotatable bonds is 5. The first-order valence-corrected chi connectivity index (χ1v) is 3.85. The quantitative estimate of drug-likeness (QED) is 0.570. The molecule has 0 saturated heterocycles. The summed E-state index contributed by atoms with van der Waals surface area (Å²) in [5, 5.41) is 0. The summed E-state index contributed by atoms with van der Waals surface area (Å²) in [5.74, 6) is 0.0246. The van der Waals surface area contributed by atoms with Crippen LogP contribution in [-0.4, -0.2) is 24.8 Å². The molecule has 11 heavy (non-hydrogen) atoms. The summed E-state index contributed by atoms with van der Waals surface area (Å²) in [4.78, 5) is 10.7. The van der Waals surface area contributed by atoms with Crippen molar-refractivity contribution in [2.45, 2.75) is 40.1 Å². The van der Waals surface area contributed by atoms with Crippen LogP contribution in [0.5, 0.6) is 0 Å². The van der Waals surface area contributed by atoms with Crippen molar-refractivity contribution in [3.8, 4) is 0 Å². The molecule has 0 fully saturated rings. The summed E-state index contributed by atoms with van der Waals surface area (Å²) >= 11 is 0. The Morgan fingerprint density at radius 2 is 2.00 bits per heavy atom. The Labute approximate surface area is 67.7 Å². The van der Waals surface area contributed by atoms with Crippen LogP contribution in [-0.2, 0) is 14.3 Å². The van der Waals surface area contributed by atoms with Gasteiger partial charge in [-0.3, -0.25) is 4.79 Å². The highest BCUT2D eigenvalue weighted by Gasteiger charge is 2.11. The van der Waals surface area contributed by atoms with Gasteiger partial charge in [-0.15, -0.1) is 0 Å². The average Bonchev–Trinajstić information content (AvgIpc) is 1.87. The minimum absolute atomic E-state index is 0.0246. The molecule has 0 aromatic carbocycles. The Morgan fingerprint density at radius 3 is 2.36 bits per heavy atom. The van der Waals surface area contributed by atoms with Crippen LogP contribution in [0, 0.1) is 0 Å². The summed E-state index contributed by atoms with van der Waals surface area (Å²) in [6.07, 6.45) is -0.657. The maximum atomic E-state index is 10.7. The lowest BCUT2D eigenvalue weighted by Crippen LogP contribution is -2.25. The molecule has 0 aliphatic carbocycles. The van der Waals surface area contributed by atoms with E-state index in [-0.39, 0.29) is 18.2 Å². The first kappa shape index (κ1) is 10.6. The second kappa shape index (κ2) is 5.27. The number of ether oxygens (including phenoxy) is 2. The van der Waals surface area contributed by atoms with E-state index in [1.165, 1.54) is 6.92 Å². The standard InChI is InChI=1S/C8H16O3/c1-5-10-8(4)11-7(3)6(2)9/h7-8H,5H2,1-4H3. The predicted octanol–water partition coefficient (Wildman–Crippen LogP) is 1.36. The van der Waals surface area contributed by atoms with E-state index in [1.807, 2.05) is 6.92 Å². The van der Waals surface area contributed by atoms with Crippen LogP contribution in [0.15, 0.2) is 0 Å². The highest BCUT2D eigenvalue weighted by molar-refractivity contribution is 5.79. The summed E-state index contributed by atoms with van der Waals surface area (Å²) in [5.41, 5.74) is 0. The summed E-state index contributed by atoms with van der Waals surface area (Å²) in [6, 6.07) is 0. The second-order valence-corrected chi connectivity index (χ2v) is 2.41. The summed E-state index contributed by atoms with van der Waals surface area (Å²) in [7, 11) is 0. The van der Waals surface area contributed by atoms with Gasteiger partial charge in [0.25, 0.3) is 0 Å². The van der Waals surface area contributed by atoms with Gasteiger partial charge < -0.3 is 9.47 Å². The monoisotopic (exact) mass is 160 g/mol. The fourth-order valence-corrected chi connectivity index (χ4v) is 0.657. The normalized spacial score (nSPS) is 16.0. The second-order valence-electron chi connectivity index (χ2n) is 2.41. The van der Waals surface area contributed by atoms with E-state index >= 15 is 0 Å². The number of hydrogen-bond donors (Lipinski definition) is 0. The molecule has 2 atom stereocenters. The van der Waals surface area contributed by atoms with Gasteiger partial charge in [0, 0.05) is 6.61 Å². The topological polar surface area (TPSA) is 35.5 Å². The van der Waals surface area contributed by atoms with Crippen molar-refractivity contribution < 1.29 is 14.3 Å². The molecule has 3 nitrogen and oxygen atoms in total. The van der Waals surface area contributed by atoms with Gasteiger partial charge in [-0.1, -0.05) is 0 Å². The first-order chi connectivity index (χ1) is 5.07. The van der Waals surface area contributed by atoms with Crippen LogP contribution in [0.1, 0.15) is 27.7 Å². The van der Waals surface area contributed by atoms with E-state index in [0.717, 1.165) is 0 Å². The Morgan fingerprint density at radius 1 is 1.45 bits per heavy atom. The number of carbonyl (C=O) groups excluding carboxylic acids is 1. The molecule has 0 heterocycles. The first-order valence-electron chi connectivity index (χ1n) is 3.85. The molecule has 0 rings (SSSR count). The Balaban J connectivity index is 3.56. The maximum absolute atomic E-state index is 10.7. The number of hydrogen-bond acceptors (Lipinski definition) is 3. The van der Waals surface area contributed by atoms with Crippen molar-refractivity contribution in [3.05, 3.63) is 0 Å². The highest BCUT2D eigenvalue weighted by Crippen LogP contribution is 1.99. The molecule has 66 valence electrons. The van der Waals surface area contributed by atoms with Gasteiger partial charge in [-0.25, -0.2) is 0 Å². The lowest BCUT2D eigenvalue weighted by atomic mass is 10.3. The zero-order chi connectivity index (χ0) is 8.85. The molecule has 3 heteroatoms. The van der Waals surface area contributed by atoms with Crippen molar-refractivity contribution in [3.63, 3.8) is 0 Å². The Bertz CT molecular complexity index is 123. The highest BCUT2D eigenvalue weighted by atomic mass is 16.7. The molecule has 0 saturated carbocycles. The lowest BCUT2D eigenvalue weighted by Gasteiger charge is -2.16. The molecule has 0 aromatic heterocycles. The van der Waals surface area contributed by atoms with E-state index in [4.69, 9.17) is 9.47 Å². The fraction of sp³-hybridized carbons (Fsp3) is 0.875. The van der Waals surface area contributed by atoms with E-state index in [0.29, 0.717) is 6.61 Å². The Kier molecular flexibility index (Phi) is 5.07. The van der Waals surface area contributed by atoms with Crippen molar-refractivity contribution >= 4 is 5.78 Å². The molecule has 0 aliphatic heterocycles. The minimum atomic E-state index is -0.364. The fourth-order valence-electron chi connectivity index (χ4n) is 0.657. The molecule has 0 spiro atoms. The van der Waals surface area contributed by atoms with E-state index in [2.05, 4.69) is 0 Å². The number of ketones is 1. The van der Waals surface area contributed by atoms with Gasteiger partial charge in [0.1, 0.15) is 6.10 Å². The van der Waals surface area contributed by atoms with E-state index in [9.17, 15) is 4.79 Å². The van der Waals surface area contributed by atoms with Crippen LogP contribution >= 0.6 is 0 Å². The Hall–Kier alpha value is -0.410. The lowest BCUT2D eigenvalue weighted by molar-refractivity contribution is -0.165. The molecule has 0 aliphatic rings. The zero-order valence-electron chi connectivity index (χ0n) is 7.59. The van der Waals surface area contributed by atoms with Crippen LogP contribution in [0.25, 0.3) is 0 Å². The van der Waals surface area contributed by atoms with Gasteiger partial charge in [-0.2, -0.15) is 0 Å². The van der Waals surface area contributed by atoms with Gasteiger partial charge >= 0.3 is 0 Å². The predicted molar refractivity (Wildman–Crippen MR) is 42.3 cm³/mol. The smallest absolute Gasteiger partial charge is 0.158 e. The number of Topliss-reactive ketones (excluding diaryl/α,β-unsaturated/α-hetero) is 1. The van der Waals surface area contributed by atoms with Crippen molar-refractivity contribution in [2.75, 3.05) is 6.61 Å². The van der Waals surface area contributed by atoms with Gasteiger partial charge in [0.2, 0.25) is 0 Å². The molecule has 2 unspecified atom stereocenters. The van der Waals surface area contributed by atoms with Crippen molar-refractivity contribution in [1.29, 1.82) is 0 Å². The third-order valence-electron chi connectivity index (χ3n) is 1.37. The van der Waals surface area contributed by atoms with Crippen LogP contribution in [0.2, 0.25) is 0 Å². The van der Waals surface area contributed by atoms with E-state index in [1.54, 1.807) is 13.8 Å². The largest absolute Gasteiger partial charge is 0.353 e. The molecular formula is C8H16O3. The minimum Gasteiger partial charge on any atom is -0.353 e. The molecule has 0 radical (unpaired) electrons. The van der Waals surface area contributed by atoms with Crippen LogP contribution in [0.3, 0.4) is 0 Å². The van der Waals surface area contributed by atoms with Crippen LogP contribution in [0.4, 0.5) is 0 Å². The summed E-state index contributed by atoms with van der Waals surface area (Å²) < 4.78 is 10.3. The molecule has 0 aromatic rings. The number of carbonyl (C=O) groups is 1. The molecule has 0 amide bonds. The molecular weight excluding hydrogens is 144 g/mol. The third-order valence-corrected chi connectivity index (χ3v) is 1.37. The molecule has 0 N–H and O–H groups in total. The van der Waals surface area contributed by atoms with Crippen molar-refractivity contribution in [2.24, 2.45) is 0 Å². The van der Waals surface area contributed by atoms with Gasteiger partial charge in [0.15, 0.2) is 12.1 Å². The van der Waals surface area contributed by atoms with Crippen molar-refractivity contribution in [1.82, 2.24) is 0 Å². The van der Waals surface area contributed by atoms with Gasteiger partial charge in [0.05, 0.1) is 0 Å². The summed E-state index contributed by atoms with van der Waals surface area (Å²) in [6.45, 7) is 7.49. The van der Waals surface area contributed by atoms with Gasteiger partial charge in [-0.05, 0) is 27.7 Å². The zero-order valence-corrected chi connectivity index (χ0v) is 7.59. The molecule has 0 bridgehead atoms. The van der Waals surface area contributed by atoms with E-state index < -0.39 is 0 Å². The maximum Gasteiger partial charge on any atom is 0.158 e. The SMILES string of the molecule is CCOC(C)OC(C)C(C)=O. The van der Waals surface area contributed by atoms with Crippen LogP contribution < -0.4 is 0 Å². The third kappa shape index (κ3) is 4.93. The average molecular weight is 160 g/mol.